The maximum atomic E-state index is 12.3. The highest BCUT2D eigenvalue weighted by molar-refractivity contribution is 9.11. The lowest BCUT2D eigenvalue weighted by atomic mass is 10.7. The molecule has 0 amide bonds. The number of thiophene rings is 2. The summed E-state index contributed by atoms with van der Waals surface area (Å²) < 4.78 is 47.7. The van der Waals surface area contributed by atoms with Gasteiger partial charge < -0.3 is 0 Å². The summed E-state index contributed by atoms with van der Waals surface area (Å²) in [5, 5.41) is 0. The van der Waals surface area contributed by atoms with Crippen molar-refractivity contribution in [2.45, 2.75) is 13.3 Å². The van der Waals surface area contributed by atoms with Crippen molar-refractivity contribution in [3.8, 4) is 0 Å². The van der Waals surface area contributed by atoms with Crippen molar-refractivity contribution in [2.24, 2.45) is 0 Å². The molecule has 104 valence electrons. The van der Waals surface area contributed by atoms with E-state index >= 15 is 0 Å². The van der Waals surface area contributed by atoms with Gasteiger partial charge in [0.2, 0.25) is 9.84 Å². The number of hydrogen-bond donors (Lipinski definition) is 0. The summed E-state index contributed by atoms with van der Waals surface area (Å²) in [6.45, 7) is 0. The molecule has 0 radical (unpaired) electrons. The van der Waals surface area contributed by atoms with Crippen LogP contribution in [0.2, 0.25) is 4.34 Å². The zero-order chi connectivity index (χ0) is 14.4. The van der Waals surface area contributed by atoms with E-state index in [2.05, 4.69) is 15.9 Å². The van der Waals surface area contributed by atoms with Gasteiger partial charge in [-0.05, 0) is 34.1 Å². The summed E-state index contributed by atoms with van der Waals surface area (Å²) in [6.07, 6.45) is 0. The number of sulfone groups is 1. The lowest BCUT2D eigenvalue weighted by Crippen LogP contribution is -2.02. The monoisotopic (exact) mass is 440 g/mol. The van der Waals surface area contributed by atoms with Crippen LogP contribution in [0.4, 0.5) is 0 Å². The average molecular weight is 442 g/mol. The van der Waals surface area contributed by atoms with Crippen LogP contribution in [0, 0.1) is 0 Å². The second-order valence-corrected chi connectivity index (χ2v) is 12.3. The Morgan fingerprint density at radius 2 is 1.74 bits per heavy atom. The molecule has 0 saturated carbocycles. The van der Waals surface area contributed by atoms with Gasteiger partial charge in [-0.3, -0.25) is 0 Å². The third-order valence-electron chi connectivity index (χ3n) is 1.96. The molecular weight excluding hydrogens is 439 g/mol. The second kappa shape index (κ2) is 5.28. The van der Waals surface area contributed by atoms with Gasteiger partial charge in [0, 0.05) is 10.7 Å². The van der Waals surface area contributed by atoms with Gasteiger partial charge in [-0.2, -0.15) is 0 Å². The molecule has 2 aromatic heterocycles. The summed E-state index contributed by atoms with van der Waals surface area (Å²) in [6, 6.07) is 3.96. The maximum absolute atomic E-state index is 12.3. The molecule has 0 atom stereocenters. The third kappa shape index (κ3) is 3.17. The SMILES string of the molecule is O=S(=O)(Cl)c1sc(Br)cc1S(=O)(=O)c1ccc(Cl)s1. The molecule has 19 heavy (non-hydrogen) atoms. The molecule has 11 heteroatoms. The quantitative estimate of drug-likeness (QED) is 0.675. The van der Waals surface area contributed by atoms with Crippen molar-refractivity contribution in [3.63, 3.8) is 0 Å². The van der Waals surface area contributed by atoms with E-state index in [1.54, 1.807) is 0 Å². The Hall–Kier alpha value is 0.360. The van der Waals surface area contributed by atoms with Crippen molar-refractivity contribution >= 4 is 79.8 Å². The van der Waals surface area contributed by atoms with Crippen LogP contribution < -0.4 is 0 Å². The van der Waals surface area contributed by atoms with Crippen LogP contribution in [-0.4, -0.2) is 16.8 Å². The summed E-state index contributed by atoms with van der Waals surface area (Å²) in [5.74, 6) is 0. The topological polar surface area (TPSA) is 68.3 Å². The predicted molar refractivity (Wildman–Crippen MR) is 79.8 cm³/mol. The highest BCUT2D eigenvalue weighted by Gasteiger charge is 2.30. The third-order valence-corrected chi connectivity index (χ3v) is 9.46. The molecule has 2 heterocycles. The van der Waals surface area contributed by atoms with Crippen LogP contribution in [0.5, 0.6) is 0 Å². The molecule has 0 saturated heterocycles. The first-order valence-corrected chi connectivity index (χ1v) is 11.0. The van der Waals surface area contributed by atoms with Crippen LogP contribution >= 0.6 is 60.9 Å². The van der Waals surface area contributed by atoms with Crippen LogP contribution in [-0.2, 0) is 18.9 Å². The van der Waals surface area contributed by atoms with Gasteiger partial charge >= 0.3 is 0 Å². The molecule has 0 unspecified atom stereocenters. The highest BCUT2D eigenvalue weighted by Crippen LogP contribution is 2.40. The molecule has 0 aliphatic heterocycles. The van der Waals surface area contributed by atoms with Gasteiger partial charge in [0.05, 0.1) is 8.12 Å². The lowest BCUT2D eigenvalue weighted by molar-refractivity contribution is 0.592. The molecular formula is C8H3BrCl2O4S4. The second-order valence-electron chi connectivity index (χ2n) is 3.20. The van der Waals surface area contributed by atoms with Crippen LogP contribution in [0.25, 0.3) is 0 Å². The van der Waals surface area contributed by atoms with Crippen LogP contribution in [0.15, 0.2) is 35.3 Å². The lowest BCUT2D eigenvalue weighted by Gasteiger charge is -2.00. The Bertz CT molecular complexity index is 834. The molecule has 0 aromatic carbocycles. The van der Waals surface area contributed by atoms with E-state index in [0.717, 1.165) is 22.7 Å². The zero-order valence-electron chi connectivity index (χ0n) is 8.63. The molecule has 0 bridgehead atoms. The van der Waals surface area contributed by atoms with Crippen molar-refractivity contribution in [3.05, 3.63) is 26.3 Å². The highest BCUT2D eigenvalue weighted by atomic mass is 79.9. The van der Waals surface area contributed by atoms with Crippen molar-refractivity contribution in [1.82, 2.24) is 0 Å². The molecule has 4 nitrogen and oxygen atoms in total. The van der Waals surface area contributed by atoms with Crippen molar-refractivity contribution < 1.29 is 16.8 Å². The van der Waals surface area contributed by atoms with E-state index in [1.165, 1.54) is 18.2 Å². The fraction of sp³-hybridized carbons (Fsp3) is 0. The van der Waals surface area contributed by atoms with Gasteiger partial charge in [-0.25, -0.2) is 16.8 Å². The summed E-state index contributed by atoms with van der Waals surface area (Å²) >= 11 is 10.3. The molecule has 2 rings (SSSR count). The molecule has 0 aliphatic carbocycles. The van der Waals surface area contributed by atoms with E-state index in [0.29, 0.717) is 8.12 Å². The Kier molecular flexibility index (Phi) is 4.38. The predicted octanol–water partition coefficient (Wildman–Crippen LogP) is 3.99. The molecule has 0 spiro atoms. The average Bonchev–Trinajstić information content (AvgIpc) is 2.83. The van der Waals surface area contributed by atoms with Gasteiger partial charge in [-0.15, -0.1) is 22.7 Å². The van der Waals surface area contributed by atoms with E-state index < -0.39 is 23.1 Å². The number of rotatable bonds is 3. The fourth-order valence-electron chi connectivity index (χ4n) is 1.24. The van der Waals surface area contributed by atoms with Gasteiger partial charge in [0.1, 0.15) is 9.10 Å². The number of halogens is 3. The Morgan fingerprint density at radius 3 is 2.21 bits per heavy atom. The summed E-state index contributed by atoms with van der Waals surface area (Å²) in [4.78, 5) is -0.349. The normalized spacial score (nSPS) is 12.8. The molecule has 2 aromatic rings. The van der Waals surface area contributed by atoms with E-state index in [4.69, 9.17) is 22.3 Å². The summed E-state index contributed by atoms with van der Waals surface area (Å²) in [7, 11) is -2.85. The Balaban J connectivity index is 2.72. The molecule has 0 aliphatic rings. The van der Waals surface area contributed by atoms with Crippen molar-refractivity contribution in [1.29, 1.82) is 0 Å². The van der Waals surface area contributed by atoms with Gasteiger partial charge in [0.25, 0.3) is 9.05 Å². The van der Waals surface area contributed by atoms with Crippen LogP contribution in [0.1, 0.15) is 0 Å². The minimum absolute atomic E-state index is 0.0376. The van der Waals surface area contributed by atoms with Crippen molar-refractivity contribution in [2.75, 3.05) is 0 Å². The Morgan fingerprint density at radius 1 is 1.11 bits per heavy atom. The first-order chi connectivity index (χ1) is 8.62. The largest absolute Gasteiger partial charge is 0.272 e. The smallest absolute Gasteiger partial charge is 0.218 e. The minimum Gasteiger partial charge on any atom is -0.218 e. The fourth-order valence-corrected chi connectivity index (χ4v) is 8.61. The molecule has 0 N–H and O–H groups in total. The standard InChI is InChI=1S/C8H3BrCl2O4S4/c9-5-3-4(8(16-5)19(11,14)15)18(12,13)7-2-1-6(10)17-7/h1-3H. The van der Waals surface area contributed by atoms with Gasteiger partial charge in [0.15, 0.2) is 4.21 Å². The maximum Gasteiger partial charge on any atom is 0.272 e. The van der Waals surface area contributed by atoms with Gasteiger partial charge in [-0.1, -0.05) is 11.6 Å². The summed E-state index contributed by atoms with van der Waals surface area (Å²) in [5.41, 5.74) is 0. The Labute approximate surface area is 135 Å². The van der Waals surface area contributed by atoms with E-state index in [-0.39, 0.29) is 9.10 Å². The zero-order valence-corrected chi connectivity index (χ0v) is 15.0. The molecule has 0 fully saturated rings. The van der Waals surface area contributed by atoms with E-state index in [1.807, 2.05) is 0 Å². The minimum atomic E-state index is -4.14. The van der Waals surface area contributed by atoms with E-state index in [9.17, 15) is 16.8 Å². The number of hydrogen-bond acceptors (Lipinski definition) is 6. The first-order valence-electron chi connectivity index (χ1n) is 4.37. The first kappa shape index (κ1) is 15.7. The van der Waals surface area contributed by atoms with Crippen LogP contribution in [0.3, 0.4) is 0 Å².